The molecular formula is C26H29ClFN3O3. The SMILES string of the molecule is COCCn1c(C)cc(O)c(C(c2ccc(Cl)cc2)N2CCN(c3ccccc3F)CC2)c1=O. The number of aromatic hydroxyl groups is 1. The van der Waals surface area contributed by atoms with Crippen LogP contribution in [0.25, 0.3) is 0 Å². The molecule has 0 spiro atoms. The highest BCUT2D eigenvalue weighted by Gasteiger charge is 2.32. The lowest BCUT2D eigenvalue weighted by Crippen LogP contribution is -2.49. The zero-order valence-electron chi connectivity index (χ0n) is 19.4. The molecule has 1 saturated heterocycles. The zero-order valence-corrected chi connectivity index (χ0v) is 20.1. The Kier molecular flexibility index (Phi) is 7.56. The van der Waals surface area contributed by atoms with Gasteiger partial charge in [0.05, 0.1) is 23.9 Å². The monoisotopic (exact) mass is 485 g/mol. The maximum Gasteiger partial charge on any atom is 0.259 e. The van der Waals surface area contributed by atoms with Gasteiger partial charge >= 0.3 is 0 Å². The van der Waals surface area contributed by atoms with Crippen molar-refractivity contribution in [3.8, 4) is 5.75 Å². The van der Waals surface area contributed by atoms with Crippen molar-refractivity contribution in [2.75, 3.05) is 44.8 Å². The number of piperazine rings is 1. The Morgan fingerprint density at radius 3 is 2.41 bits per heavy atom. The van der Waals surface area contributed by atoms with Gasteiger partial charge in [0.15, 0.2) is 0 Å². The van der Waals surface area contributed by atoms with E-state index in [0.717, 1.165) is 5.56 Å². The van der Waals surface area contributed by atoms with Crippen LogP contribution in [0.2, 0.25) is 5.02 Å². The second-order valence-corrected chi connectivity index (χ2v) is 8.90. The molecule has 1 aliphatic heterocycles. The van der Waals surface area contributed by atoms with Gasteiger partial charge in [-0.1, -0.05) is 35.9 Å². The van der Waals surface area contributed by atoms with E-state index in [2.05, 4.69) is 4.90 Å². The number of anilines is 1. The van der Waals surface area contributed by atoms with Gasteiger partial charge in [-0.25, -0.2) is 4.39 Å². The lowest BCUT2D eigenvalue weighted by Gasteiger charge is -2.40. The number of nitrogens with zero attached hydrogens (tertiary/aromatic N) is 3. The van der Waals surface area contributed by atoms with Gasteiger partial charge in [0.25, 0.3) is 5.56 Å². The largest absolute Gasteiger partial charge is 0.507 e. The standard InChI is InChI=1S/C26H29ClFN3O3/c1-18-17-23(32)24(26(33)31(18)15-16-34-2)25(19-7-9-20(27)10-8-19)30-13-11-29(12-14-30)22-6-4-3-5-21(22)28/h3-10,17,25,32H,11-16H2,1-2H3. The molecule has 180 valence electrons. The molecule has 1 aliphatic rings. The summed E-state index contributed by atoms with van der Waals surface area (Å²) in [7, 11) is 1.59. The third-order valence-corrected chi connectivity index (χ3v) is 6.63. The molecule has 2 heterocycles. The van der Waals surface area contributed by atoms with E-state index in [-0.39, 0.29) is 17.1 Å². The van der Waals surface area contributed by atoms with E-state index >= 15 is 0 Å². The summed E-state index contributed by atoms with van der Waals surface area (Å²) >= 11 is 6.13. The minimum atomic E-state index is -0.470. The molecule has 0 amide bonds. The normalized spacial score (nSPS) is 15.5. The van der Waals surface area contributed by atoms with E-state index in [9.17, 15) is 14.3 Å². The second kappa shape index (κ2) is 10.6. The summed E-state index contributed by atoms with van der Waals surface area (Å²) in [5.74, 6) is -0.282. The van der Waals surface area contributed by atoms with Crippen LogP contribution in [0.3, 0.4) is 0 Å². The quantitative estimate of drug-likeness (QED) is 0.543. The van der Waals surface area contributed by atoms with Crippen LogP contribution in [0.4, 0.5) is 10.1 Å². The van der Waals surface area contributed by atoms with Gasteiger partial charge in [-0.2, -0.15) is 0 Å². The molecule has 0 aliphatic carbocycles. The molecule has 0 bridgehead atoms. The topological polar surface area (TPSA) is 57.9 Å². The fourth-order valence-corrected chi connectivity index (χ4v) is 4.75. The average Bonchev–Trinajstić information content (AvgIpc) is 2.83. The van der Waals surface area contributed by atoms with Gasteiger partial charge < -0.3 is 19.3 Å². The van der Waals surface area contributed by atoms with Gasteiger partial charge in [0, 0.05) is 50.6 Å². The van der Waals surface area contributed by atoms with Crippen molar-refractivity contribution in [2.45, 2.75) is 19.5 Å². The number of hydrogen-bond acceptors (Lipinski definition) is 5. The molecule has 34 heavy (non-hydrogen) atoms. The fourth-order valence-electron chi connectivity index (χ4n) is 4.62. The summed E-state index contributed by atoms with van der Waals surface area (Å²) in [6, 6.07) is 15.2. The number of halogens is 2. The Morgan fingerprint density at radius 1 is 1.09 bits per heavy atom. The maximum atomic E-state index is 14.3. The van der Waals surface area contributed by atoms with Crippen LogP contribution < -0.4 is 10.5 Å². The molecule has 1 fully saturated rings. The molecule has 0 saturated carbocycles. The number of rotatable bonds is 7. The van der Waals surface area contributed by atoms with Crippen LogP contribution in [0.1, 0.15) is 22.9 Å². The Morgan fingerprint density at radius 2 is 1.76 bits per heavy atom. The molecule has 1 N–H and O–H groups in total. The molecule has 1 unspecified atom stereocenters. The number of hydrogen-bond donors (Lipinski definition) is 1. The fraction of sp³-hybridized carbons (Fsp3) is 0.346. The first-order chi connectivity index (χ1) is 16.4. The van der Waals surface area contributed by atoms with Crippen LogP contribution in [-0.2, 0) is 11.3 Å². The van der Waals surface area contributed by atoms with E-state index in [0.29, 0.717) is 61.3 Å². The molecule has 8 heteroatoms. The van der Waals surface area contributed by atoms with Crippen molar-refractivity contribution in [1.29, 1.82) is 0 Å². The molecule has 3 aromatic rings. The van der Waals surface area contributed by atoms with Crippen molar-refractivity contribution in [3.63, 3.8) is 0 Å². The summed E-state index contributed by atoms with van der Waals surface area (Å²) in [5, 5.41) is 11.5. The predicted octanol–water partition coefficient (Wildman–Crippen LogP) is 4.21. The predicted molar refractivity (Wildman–Crippen MR) is 132 cm³/mol. The van der Waals surface area contributed by atoms with Crippen LogP contribution in [0, 0.1) is 12.7 Å². The third-order valence-electron chi connectivity index (χ3n) is 6.37. The number of benzene rings is 2. The summed E-state index contributed by atoms with van der Waals surface area (Å²) < 4.78 is 21.1. The number of aromatic nitrogens is 1. The molecule has 6 nitrogen and oxygen atoms in total. The van der Waals surface area contributed by atoms with Crippen molar-refractivity contribution >= 4 is 17.3 Å². The van der Waals surface area contributed by atoms with Gasteiger partial charge in [-0.05, 0) is 42.8 Å². The van der Waals surface area contributed by atoms with Crippen molar-refractivity contribution in [2.24, 2.45) is 0 Å². The maximum absolute atomic E-state index is 14.3. The number of para-hydroxylation sites is 1. The van der Waals surface area contributed by atoms with E-state index < -0.39 is 6.04 Å². The van der Waals surface area contributed by atoms with Crippen molar-refractivity contribution in [3.05, 3.63) is 92.6 Å². The van der Waals surface area contributed by atoms with E-state index in [4.69, 9.17) is 16.3 Å². The number of methoxy groups -OCH3 is 1. The Labute approximate surface area is 203 Å². The highest BCUT2D eigenvalue weighted by atomic mass is 35.5. The van der Waals surface area contributed by atoms with Crippen LogP contribution in [0.5, 0.6) is 5.75 Å². The molecule has 1 atom stereocenters. The van der Waals surface area contributed by atoms with Crippen molar-refractivity contribution < 1.29 is 14.2 Å². The van der Waals surface area contributed by atoms with Crippen LogP contribution in [-0.4, -0.2) is 54.5 Å². The number of pyridine rings is 1. The Bertz CT molecular complexity index is 1190. The van der Waals surface area contributed by atoms with E-state index in [1.165, 1.54) is 6.07 Å². The molecule has 1 aromatic heterocycles. The molecular weight excluding hydrogens is 457 g/mol. The lowest BCUT2D eigenvalue weighted by atomic mass is 9.96. The second-order valence-electron chi connectivity index (χ2n) is 8.46. The average molecular weight is 486 g/mol. The third kappa shape index (κ3) is 4.97. The Hall–Kier alpha value is -2.87. The minimum Gasteiger partial charge on any atom is -0.507 e. The van der Waals surface area contributed by atoms with Gasteiger partial charge in [0.2, 0.25) is 0 Å². The molecule has 0 radical (unpaired) electrons. The van der Waals surface area contributed by atoms with Crippen LogP contribution in [0.15, 0.2) is 59.4 Å². The van der Waals surface area contributed by atoms with Gasteiger partial charge in [-0.15, -0.1) is 0 Å². The smallest absolute Gasteiger partial charge is 0.259 e. The summed E-state index contributed by atoms with van der Waals surface area (Å²) in [5.41, 5.74) is 2.18. The summed E-state index contributed by atoms with van der Waals surface area (Å²) in [6.07, 6.45) is 0. The number of ether oxygens (including phenoxy) is 1. The van der Waals surface area contributed by atoms with Gasteiger partial charge in [0.1, 0.15) is 11.6 Å². The summed E-state index contributed by atoms with van der Waals surface area (Å²) in [4.78, 5) is 17.8. The highest BCUT2D eigenvalue weighted by Crippen LogP contribution is 2.34. The van der Waals surface area contributed by atoms with E-state index in [1.807, 2.05) is 23.1 Å². The van der Waals surface area contributed by atoms with Crippen LogP contribution >= 0.6 is 11.6 Å². The minimum absolute atomic E-state index is 0.0346. The molecule has 2 aromatic carbocycles. The first-order valence-electron chi connectivity index (χ1n) is 11.3. The number of aryl methyl sites for hydroxylation is 1. The van der Waals surface area contributed by atoms with Gasteiger partial charge in [-0.3, -0.25) is 9.69 Å². The van der Waals surface area contributed by atoms with Crippen molar-refractivity contribution in [1.82, 2.24) is 9.47 Å². The lowest BCUT2D eigenvalue weighted by molar-refractivity contribution is 0.183. The molecule has 4 rings (SSSR count). The van der Waals surface area contributed by atoms with E-state index in [1.54, 1.807) is 48.9 Å². The first-order valence-corrected chi connectivity index (χ1v) is 11.7. The summed E-state index contributed by atoms with van der Waals surface area (Å²) in [6.45, 7) is 4.94. The zero-order chi connectivity index (χ0) is 24.2. The first kappa shape index (κ1) is 24.3. The highest BCUT2D eigenvalue weighted by molar-refractivity contribution is 6.30. The Balaban J connectivity index is 1.72.